The fourth-order valence-electron chi connectivity index (χ4n) is 3.49. The van der Waals surface area contributed by atoms with E-state index in [1.807, 2.05) is 63.4 Å². The summed E-state index contributed by atoms with van der Waals surface area (Å²) >= 11 is 1.33. The number of benzene rings is 2. The molecule has 1 N–H and O–H groups in total. The second kappa shape index (κ2) is 13.4. The molecule has 0 aliphatic rings. The maximum absolute atomic E-state index is 13.2. The van der Waals surface area contributed by atoms with E-state index in [-0.39, 0.29) is 18.0 Å². The van der Waals surface area contributed by atoms with E-state index in [1.54, 1.807) is 23.1 Å². The van der Waals surface area contributed by atoms with E-state index in [9.17, 15) is 9.59 Å². The van der Waals surface area contributed by atoms with Gasteiger partial charge in [0.1, 0.15) is 23.2 Å². The van der Waals surface area contributed by atoms with Gasteiger partial charge in [-0.2, -0.15) is 5.26 Å². The van der Waals surface area contributed by atoms with Gasteiger partial charge < -0.3 is 14.8 Å². The Morgan fingerprint density at radius 3 is 2.38 bits per heavy atom. The molecule has 202 valence electrons. The van der Waals surface area contributed by atoms with Gasteiger partial charge in [0.05, 0.1) is 30.1 Å². The number of methoxy groups -OCH3 is 1. The standard InChI is InChI=1S/C29H31N5O4S/c1-29(2,3)38-28(36)34(18-20-9-7-6-8-10-20)19-21-11-12-23(25(13-21)37-4)24(35)14-27(39-5)33-26-17-31-22(15-30)16-32-26/h6-14,16-17H,18-19H2,1-5H3,(H,32,33)/b27-14-. The van der Waals surface area contributed by atoms with Crippen molar-refractivity contribution in [1.82, 2.24) is 14.9 Å². The second-order valence-electron chi connectivity index (χ2n) is 9.46. The van der Waals surface area contributed by atoms with E-state index < -0.39 is 11.7 Å². The minimum atomic E-state index is -0.640. The zero-order chi connectivity index (χ0) is 28.4. The summed E-state index contributed by atoms with van der Waals surface area (Å²) in [7, 11) is 1.50. The molecule has 0 fully saturated rings. The Morgan fingerprint density at radius 1 is 1.08 bits per heavy atom. The first-order valence-corrected chi connectivity index (χ1v) is 13.3. The molecule has 2 aromatic carbocycles. The molecule has 1 amide bonds. The highest BCUT2D eigenvalue weighted by molar-refractivity contribution is 8.02. The summed E-state index contributed by atoms with van der Waals surface area (Å²) in [6.07, 6.45) is 5.61. The van der Waals surface area contributed by atoms with Crippen molar-refractivity contribution >= 4 is 29.5 Å². The number of amides is 1. The number of thioether (sulfide) groups is 1. The molecule has 0 unspecified atom stereocenters. The Hall–Kier alpha value is -4.36. The normalized spacial score (nSPS) is 11.3. The molecular formula is C29H31N5O4S. The molecule has 10 heteroatoms. The number of hydrogen-bond donors (Lipinski definition) is 1. The van der Waals surface area contributed by atoms with Gasteiger partial charge in [-0.3, -0.25) is 9.69 Å². The third-order valence-corrected chi connectivity index (χ3v) is 5.93. The Morgan fingerprint density at radius 2 is 1.79 bits per heavy atom. The molecule has 0 aliphatic carbocycles. The minimum absolute atomic E-state index is 0.199. The van der Waals surface area contributed by atoms with Gasteiger partial charge in [0.15, 0.2) is 11.5 Å². The molecule has 0 saturated carbocycles. The highest BCUT2D eigenvalue weighted by atomic mass is 32.2. The Kier molecular flexibility index (Phi) is 10.1. The summed E-state index contributed by atoms with van der Waals surface area (Å²) in [6, 6.07) is 16.8. The summed E-state index contributed by atoms with van der Waals surface area (Å²) in [5.41, 5.74) is 1.68. The molecule has 0 aliphatic heterocycles. The number of rotatable bonds is 10. The van der Waals surface area contributed by atoms with E-state index in [4.69, 9.17) is 14.7 Å². The lowest BCUT2D eigenvalue weighted by Gasteiger charge is -2.28. The molecule has 0 bridgehead atoms. The third-order valence-electron chi connectivity index (χ3n) is 5.27. The summed E-state index contributed by atoms with van der Waals surface area (Å²) in [5, 5.41) is 12.5. The van der Waals surface area contributed by atoms with Gasteiger partial charge in [-0.05, 0) is 50.3 Å². The van der Waals surface area contributed by atoms with Crippen LogP contribution in [0, 0.1) is 11.3 Å². The summed E-state index contributed by atoms with van der Waals surface area (Å²) < 4.78 is 11.2. The van der Waals surface area contributed by atoms with Crippen LogP contribution in [-0.2, 0) is 17.8 Å². The molecule has 3 rings (SSSR count). The number of anilines is 1. The van der Waals surface area contributed by atoms with E-state index in [2.05, 4.69) is 15.3 Å². The summed E-state index contributed by atoms with van der Waals surface area (Å²) in [4.78, 5) is 35.9. The van der Waals surface area contributed by atoms with Crippen molar-refractivity contribution in [3.8, 4) is 11.8 Å². The lowest BCUT2D eigenvalue weighted by atomic mass is 10.1. The molecule has 3 aromatic rings. The van der Waals surface area contributed by atoms with Gasteiger partial charge in [0, 0.05) is 19.2 Å². The van der Waals surface area contributed by atoms with Gasteiger partial charge in [-0.1, -0.05) is 36.4 Å². The number of ether oxygens (including phenoxy) is 2. The first-order valence-electron chi connectivity index (χ1n) is 12.1. The van der Waals surface area contributed by atoms with E-state index in [0.717, 1.165) is 11.1 Å². The molecule has 0 radical (unpaired) electrons. The van der Waals surface area contributed by atoms with E-state index in [0.29, 0.717) is 28.7 Å². The van der Waals surface area contributed by atoms with Crippen molar-refractivity contribution in [2.24, 2.45) is 0 Å². The van der Waals surface area contributed by atoms with Gasteiger partial charge in [-0.15, -0.1) is 11.8 Å². The molecule has 0 atom stereocenters. The average Bonchev–Trinajstić information content (AvgIpc) is 2.92. The molecule has 0 spiro atoms. The summed E-state index contributed by atoms with van der Waals surface area (Å²) in [5.74, 6) is 0.520. The minimum Gasteiger partial charge on any atom is -0.496 e. The van der Waals surface area contributed by atoms with E-state index >= 15 is 0 Å². The van der Waals surface area contributed by atoms with Crippen LogP contribution in [0.3, 0.4) is 0 Å². The quantitative estimate of drug-likeness (QED) is 0.249. The number of carbonyl (C=O) groups excluding carboxylic acids is 2. The molecular weight excluding hydrogens is 514 g/mol. The van der Waals surface area contributed by atoms with E-state index in [1.165, 1.54) is 37.3 Å². The molecule has 9 nitrogen and oxygen atoms in total. The predicted octanol–water partition coefficient (Wildman–Crippen LogP) is 5.79. The van der Waals surface area contributed by atoms with Crippen LogP contribution >= 0.6 is 11.8 Å². The van der Waals surface area contributed by atoms with Crippen molar-refractivity contribution in [2.75, 3.05) is 18.7 Å². The smallest absolute Gasteiger partial charge is 0.410 e. The number of nitrogens with one attached hydrogen (secondary N) is 1. The maximum Gasteiger partial charge on any atom is 0.410 e. The van der Waals surface area contributed by atoms with Gasteiger partial charge in [-0.25, -0.2) is 14.8 Å². The fourth-order valence-corrected chi connectivity index (χ4v) is 3.92. The molecule has 39 heavy (non-hydrogen) atoms. The zero-order valence-electron chi connectivity index (χ0n) is 22.6. The fraction of sp³-hybridized carbons (Fsp3) is 0.276. The van der Waals surface area contributed by atoms with Gasteiger partial charge >= 0.3 is 6.09 Å². The van der Waals surface area contributed by atoms with Crippen LogP contribution in [0.5, 0.6) is 5.75 Å². The number of aromatic nitrogens is 2. The maximum atomic E-state index is 13.2. The average molecular weight is 546 g/mol. The molecule has 0 saturated heterocycles. The Bertz CT molecular complexity index is 1360. The number of nitriles is 1. The van der Waals surface area contributed by atoms with Crippen LogP contribution < -0.4 is 10.1 Å². The van der Waals surface area contributed by atoms with Crippen molar-refractivity contribution in [3.05, 3.63) is 94.4 Å². The highest BCUT2D eigenvalue weighted by Crippen LogP contribution is 2.25. The van der Waals surface area contributed by atoms with Crippen molar-refractivity contribution in [1.29, 1.82) is 5.26 Å². The second-order valence-corrected chi connectivity index (χ2v) is 10.3. The van der Waals surface area contributed by atoms with Crippen LogP contribution in [0.25, 0.3) is 0 Å². The van der Waals surface area contributed by atoms with Crippen molar-refractivity contribution in [3.63, 3.8) is 0 Å². The van der Waals surface area contributed by atoms with Crippen LogP contribution in [0.15, 0.2) is 72.0 Å². The Balaban J connectivity index is 1.82. The molecule has 1 heterocycles. The third kappa shape index (κ3) is 8.86. The number of nitrogens with zero attached hydrogens (tertiary/aromatic N) is 4. The van der Waals surface area contributed by atoms with Gasteiger partial charge in [0.25, 0.3) is 0 Å². The monoisotopic (exact) mass is 545 g/mol. The van der Waals surface area contributed by atoms with Crippen molar-refractivity contribution in [2.45, 2.75) is 39.5 Å². The zero-order valence-corrected chi connectivity index (χ0v) is 23.4. The number of hydrogen-bond acceptors (Lipinski definition) is 9. The van der Waals surface area contributed by atoms with Crippen molar-refractivity contribution < 1.29 is 19.1 Å². The molecule has 1 aromatic heterocycles. The first kappa shape index (κ1) is 29.2. The number of ketones is 1. The van der Waals surface area contributed by atoms with Gasteiger partial charge in [0.2, 0.25) is 0 Å². The lowest BCUT2D eigenvalue weighted by molar-refractivity contribution is 0.0216. The number of allylic oxidation sites excluding steroid dienone is 1. The number of carbonyl (C=O) groups is 2. The van der Waals surface area contributed by atoms with Crippen LogP contribution in [0.1, 0.15) is 48.0 Å². The van der Waals surface area contributed by atoms with Crippen LogP contribution in [0.4, 0.5) is 10.6 Å². The van der Waals surface area contributed by atoms with Crippen LogP contribution in [0.2, 0.25) is 0 Å². The predicted molar refractivity (Wildman–Crippen MR) is 151 cm³/mol. The Labute approximate surface area is 232 Å². The summed E-state index contributed by atoms with van der Waals surface area (Å²) in [6.45, 7) is 6.11. The topological polar surface area (TPSA) is 117 Å². The highest BCUT2D eigenvalue weighted by Gasteiger charge is 2.23. The SMILES string of the molecule is COc1cc(CN(Cc2ccccc2)C(=O)OC(C)(C)C)ccc1C(=O)/C=C(/Nc1cnc(C#N)cn1)SC. The largest absolute Gasteiger partial charge is 0.496 e. The first-order chi connectivity index (χ1) is 18.6. The lowest BCUT2D eigenvalue weighted by Crippen LogP contribution is -2.36. The van der Waals surface area contributed by atoms with Crippen LogP contribution in [-0.4, -0.2) is 45.7 Å².